The highest BCUT2D eigenvalue weighted by molar-refractivity contribution is 5.87. The molecule has 2 aromatic rings. The van der Waals surface area contributed by atoms with E-state index in [1.165, 1.54) is 12.3 Å². The van der Waals surface area contributed by atoms with E-state index in [2.05, 4.69) is 6.07 Å². The van der Waals surface area contributed by atoms with Crippen LogP contribution in [0.4, 0.5) is 0 Å². The number of hydrogen-bond donors (Lipinski definition) is 1. The van der Waals surface area contributed by atoms with Crippen molar-refractivity contribution in [2.24, 2.45) is 0 Å². The predicted molar refractivity (Wildman–Crippen MR) is 79.9 cm³/mol. The Morgan fingerprint density at radius 3 is 2.45 bits per heavy atom. The third-order valence-corrected chi connectivity index (χ3v) is 4.21. The topological polar surface area (TPSA) is 83.1 Å². The second-order valence-corrected chi connectivity index (χ2v) is 5.59. The van der Waals surface area contributed by atoms with E-state index in [0.29, 0.717) is 5.56 Å². The van der Waals surface area contributed by atoms with Crippen LogP contribution < -0.4 is 5.43 Å². The third kappa shape index (κ3) is 2.09. The van der Waals surface area contributed by atoms with Gasteiger partial charge in [-0.3, -0.25) is 4.79 Å². The second-order valence-electron chi connectivity index (χ2n) is 5.59. The molecule has 1 aromatic heterocycles. The molecule has 22 heavy (non-hydrogen) atoms. The number of aromatic carboxylic acids is 1. The van der Waals surface area contributed by atoms with Crippen LogP contribution in [0.1, 0.15) is 40.0 Å². The average molecular weight is 294 g/mol. The van der Waals surface area contributed by atoms with Crippen molar-refractivity contribution in [3.05, 3.63) is 69.1 Å². The lowest BCUT2D eigenvalue weighted by Crippen LogP contribution is -2.26. The van der Waals surface area contributed by atoms with Gasteiger partial charge in [0.05, 0.1) is 17.2 Å². The summed E-state index contributed by atoms with van der Waals surface area (Å²) >= 11 is 0. The molecule has 0 amide bonds. The van der Waals surface area contributed by atoms with Gasteiger partial charge in [-0.15, -0.1) is 0 Å². The molecule has 1 N–H and O–H groups in total. The molecule has 1 aliphatic carbocycles. The van der Waals surface area contributed by atoms with E-state index in [9.17, 15) is 9.59 Å². The summed E-state index contributed by atoms with van der Waals surface area (Å²) in [7, 11) is 0. The highest BCUT2D eigenvalue weighted by Gasteiger charge is 2.46. The number of aromatic nitrogens is 1. The van der Waals surface area contributed by atoms with Crippen LogP contribution in [0.3, 0.4) is 0 Å². The number of aryl methyl sites for hydroxylation is 1. The first-order valence-electron chi connectivity index (χ1n) is 6.96. The Morgan fingerprint density at radius 2 is 1.95 bits per heavy atom. The first-order chi connectivity index (χ1) is 10.5. The average Bonchev–Trinajstić information content (AvgIpc) is 3.28. The van der Waals surface area contributed by atoms with Gasteiger partial charge in [-0.05, 0) is 37.5 Å². The quantitative estimate of drug-likeness (QED) is 0.941. The highest BCUT2D eigenvalue weighted by Crippen LogP contribution is 2.49. The molecule has 1 saturated carbocycles. The first-order valence-corrected chi connectivity index (χ1v) is 6.96. The van der Waals surface area contributed by atoms with Crippen molar-refractivity contribution in [2.45, 2.75) is 25.3 Å². The Morgan fingerprint density at radius 1 is 1.32 bits per heavy atom. The van der Waals surface area contributed by atoms with E-state index < -0.39 is 11.4 Å². The lowest BCUT2D eigenvalue weighted by atomic mass is 10.0. The fourth-order valence-corrected chi connectivity index (χ4v) is 2.90. The maximum Gasteiger partial charge on any atom is 0.341 e. The van der Waals surface area contributed by atoms with Gasteiger partial charge in [0, 0.05) is 18.0 Å². The SMILES string of the molecule is Cc1cc(=O)c(C(=O)O)cn1C1(c2ccc(C#N)cc2)CC1. The van der Waals surface area contributed by atoms with Crippen molar-refractivity contribution in [1.82, 2.24) is 4.57 Å². The van der Waals surface area contributed by atoms with E-state index in [1.807, 2.05) is 16.7 Å². The van der Waals surface area contributed by atoms with Crippen LogP contribution in [0.2, 0.25) is 0 Å². The third-order valence-electron chi connectivity index (χ3n) is 4.21. The number of nitriles is 1. The number of benzene rings is 1. The Hall–Kier alpha value is -2.87. The fourth-order valence-electron chi connectivity index (χ4n) is 2.90. The molecule has 0 atom stereocenters. The molecule has 1 aliphatic rings. The molecule has 1 fully saturated rings. The summed E-state index contributed by atoms with van der Waals surface area (Å²) in [4.78, 5) is 23.0. The van der Waals surface area contributed by atoms with E-state index >= 15 is 0 Å². The van der Waals surface area contributed by atoms with Gasteiger partial charge in [-0.1, -0.05) is 12.1 Å². The monoisotopic (exact) mass is 294 g/mol. The first kappa shape index (κ1) is 14.1. The van der Waals surface area contributed by atoms with Crippen molar-refractivity contribution in [2.75, 3.05) is 0 Å². The van der Waals surface area contributed by atoms with Gasteiger partial charge in [-0.25, -0.2) is 4.79 Å². The van der Waals surface area contributed by atoms with E-state index in [0.717, 1.165) is 24.1 Å². The minimum Gasteiger partial charge on any atom is -0.477 e. The molecule has 0 aliphatic heterocycles. The zero-order valence-corrected chi connectivity index (χ0v) is 12.0. The molecule has 110 valence electrons. The van der Waals surface area contributed by atoms with Gasteiger partial charge in [0.25, 0.3) is 0 Å². The number of carbonyl (C=O) groups is 1. The van der Waals surface area contributed by atoms with Crippen LogP contribution in [0.5, 0.6) is 0 Å². The Bertz CT molecular complexity index is 853. The molecular formula is C17H14N2O3. The normalized spacial score (nSPS) is 15.1. The summed E-state index contributed by atoms with van der Waals surface area (Å²) in [5, 5.41) is 18.0. The van der Waals surface area contributed by atoms with Crippen molar-refractivity contribution in [3.63, 3.8) is 0 Å². The molecule has 0 saturated heterocycles. The van der Waals surface area contributed by atoms with E-state index in [-0.39, 0.29) is 11.1 Å². The minimum absolute atomic E-state index is 0.217. The van der Waals surface area contributed by atoms with Gasteiger partial charge >= 0.3 is 5.97 Å². The van der Waals surface area contributed by atoms with Gasteiger partial charge in [0.1, 0.15) is 5.56 Å². The van der Waals surface area contributed by atoms with Crippen LogP contribution in [-0.4, -0.2) is 15.6 Å². The van der Waals surface area contributed by atoms with Gasteiger partial charge in [0.2, 0.25) is 0 Å². The summed E-state index contributed by atoms with van der Waals surface area (Å²) in [5.74, 6) is -1.21. The summed E-state index contributed by atoms with van der Waals surface area (Å²) < 4.78 is 1.87. The maximum absolute atomic E-state index is 11.8. The summed E-state index contributed by atoms with van der Waals surface area (Å²) in [6, 6.07) is 10.7. The van der Waals surface area contributed by atoms with Crippen molar-refractivity contribution in [1.29, 1.82) is 5.26 Å². The van der Waals surface area contributed by atoms with Crippen molar-refractivity contribution >= 4 is 5.97 Å². The minimum atomic E-state index is -1.21. The van der Waals surface area contributed by atoms with Gasteiger partial charge in [-0.2, -0.15) is 5.26 Å². The van der Waals surface area contributed by atoms with Crippen LogP contribution in [0.15, 0.2) is 41.3 Å². The number of carboxylic acids is 1. The molecule has 5 nitrogen and oxygen atoms in total. The molecule has 0 radical (unpaired) electrons. The summed E-state index contributed by atoms with van der Waals surface area (Å²) in [6.07, 6.45) is 3.19. The zero-order chi connectivity index (χ0) is 15.9. The Kier molecular flexibility index (Phi) is 3.10. The zero-order valence-electron chi connectivity index (χ0n) is 12.0. The number of hydrogen-bond acceptors (Lipinski definition) is 3. The lowest BCUT2D eigenvalue weighted by Gasteiger charge is -2.23. The van der Waals surface area contributed by atoms with Crippen LogP contribution >= 0.6 is 0 Å². The highest BCUT2D eigenvalue weighted by atomic mass is 16.4. The number of carboxylic acid groups (broad SMARTS) is 1. The van der Waals surface area contributed by atoms with Crippen LogP contribution in [-0.2, 0) is 5.54 Å². The van der Waals surface area contributed by atoms with Gasteiger partial charge < -0.3 is 9.67 Å². The second kappa shape index (κ2) is 4.85. The van der Waals surface area contributed by atoms with Crippen LogP contribution in [0, 0.1) is 18.3 Å². The van der Waals surface area contributed by atoms with Gasteiger partial charge in [0.15, 0.2) is 5.43 Å². The summed E-state index contributed by atoms with van der Waals surface area (Å²) in [5.41, 5.74) is 1.34. The Labute approximate surface area is 127 Å². The van der Waals surface area contributed by atoms with E-state index in [4.69, 9.17) is 10.4 Å². The number of nitrogens with zero attached hydrogens (tertiary/aromatic N) is 2. The van der Waals surface area contributed by atoms with Crippen molar-refractivity contribution < 1.29 is 9.90 Å². The molecule has 5 heteroatoms. The summed E-state index contributed by atoms with van der Waals surface area (Å²) in [6.45, 7) is 1.80. The van der Waals surface area contributed by atoms with Crippen molar-refractivity contribution in [3.8, 4) is 6.07 Å². The number of pyridine rings is 1. The standard InChI is InChI=1S/C17H14N2O3/c1-11-8-15(20)14(16(21)22)10-19(11)17(6-7-17)13-4-2-12(9-18)3-5-13/h2-5,8,10H,6-7H2,1H3,(H,21,22). The molecule has 0 spiro atoms. The van der Waals surface area contributed by atoms with Crippen LogP contribution in [0.25, 0.3) is 0 Å². The predicted octanol–water partition coefficient (Wildman–Crippen LogP) is 2.26. The molecule has 1 aromatic carbocycles. The molecule has 1 heterocycles. The Balaban J connectivity index is 2.13. The molecule has 0 bridgehead atoms. The smallest absolute Gasteiger partial charge is 0.341 e. The van der Waals surface area contributed by atoms with E-state index in [1.54, 1.807) is 19.1 Å². The number of rotatable bonds is 3. The molecular weight excluding hydrogens is 280 g/mol. The molecule has 0 unspecified atom stereocenters. The largest absolute Gasteiger partial charge is 0.477 e. The lowest BCUT2D eigenvalue weighted by molar-refractivity contribution is 0.0694. The molecule has 3 rings (SSSR count). The fraction of sp³-hybridized carbons (Fsp3) is 0.235. The maximum atomic E-state index is 11.8.